The van der Waals surface area contributed by atoms with Gasteiger partial charge in [-0.1, -0.05) is 6.92 Å². The van der Waals surface area contributed by atoms with Crippen molar-refractivity contribution in [3.63, 3.8) is 0 Å². The molecule has 2 rings (SSSR count). The van der Waals surface area contributed by atoms with Crippen LogP contribution in [0.1, 0.15) is 32.4 Å². The third-order valence-corrected chi connectivity index (χ3v) is 5.20. The van der Waals surface area contributed by atoms with Crippen LogP contribution in [0.3, 0.4) is 0 Å². The van der Waals surface area contributed by atoms with Crippen LogP contribution in [0.25, 0.3) is 0 Å². The Morgan fingerprint density at radius 3 is 2.00 bits per heavy atom. The molecule has 1 fully saturated rings. The molecule has 0 aromatic carbocycles. The van der Waals surface area contributed by atoms with E-state index in [2.05, 4.69) is 5.10 Å². The third-order valence-electron chi connectivity index (χ3n) is 5.20. The normalized spacial score (nSPS) is 33.0. The van der Waals surface area contributed by atoms with Crippen molar-refractivity contribution >= 4 is 0 Å². The first-order valence-corrected chi connectivity index (χ1v) is 7.73. The number of aromatic nitrogens is 2. The van der Waals surface area contributed by atoms with E-state index in [-0.39, 0.29) is 6.20 Å². The SMILES string of the molecule is C#CC1C(C)(C(F)(F)F)CC(C)CC1(c1ccn(C(F)(F)F)n1)C(F)(F)F. The van der Waals surface area contributed by atoms with Gasteiger partial charge in [-0.25, -0.2) is 0 Å². The molecule has 4 atom stereocenters. The van der Waals surface area contributed by atoms with Crippen molar-refractivity contribution in [3.8, 4) is 12.3 Å². The van der Waals surface area contributed by atoms with Gasteiger partial charge in [0.25, 0.3) is 0 Å². The van der Waals surface area contributed by atoms with Gasteiger partial charge >= 0.3 is 18.7 Å². The maximum absolute atomic E-state index is 14.1. The van der Waals surface area contributed by atoms with Gasteiger partial charge in [0.1, 0.15) is 5.41 Å². The minimum Gasteiger partial charge on any atom is -0.179 e. The van der Waals surface area contributed by atoms with Crippen LogP contribution < -0.4 is 0 Å². The molecular weight excluding hydrogens is 391 g/mol. The average molecular weight is 406 g/mol. The van der Waals surface area contributed by atoms with E-state index in [0.29, 0.717) is 13.0 Å². The molecule has 0 spiro atoms. The monoisotopic (exact) mass is 406 g/mol. The van der Waals surface area contributed by atoms with Gasteiger partial charge in [-0.05, 0) is 31.7 Å². The summed E-state index contributed by atoms with van der Waals surface area (Å²) in [6.07, 6.45) is -11.8. The predicted molar refractivity (Wildman–Crippen MR) is 76.1 cm³/mol. The Labute approximate surface area is 148 Å². The smallest absolute Gasteiger partial charge is 0.179 e. The highest BCUT2D eigenvalue weighted by atomic mass is 19.4. The van der Waals surface area contributed by atoms with Gasteiger partial charge in [-0.15, -0.1) is 25.5 Å². The fourth-order valence-corrected chi connectivity index (χ4v) is 4.11. The Morgan fingerprint density at radius 1 is 1.07 bits per heavy atom. The van der Waals surface area contributed by atoms with Crippen LogP contribution in [0.4, 0.5) is 39.5 Å². The van der Waals surface area contributed by atoms with E-state index < -0.39 is 64.5 Å². The second-order valence-electron chi connectivity index (χ2n) is 7.11. The Kier molecular flexibility index (Phi) is 4.82. The molecule has 27 heavy (non-hydrogen) atoms. The summed E-state index contributed by atoms with van der Waals surface area (Å²) in [6.45, 7) is 1.76. The van der Waals surface area contributed by atoms with Gasteiger partial charge in [0.2, 0.25) is 0 Å². The summed E-state index contributed by atoms with van der Waals surface area (Å²) in [4.78, 5) is 0. The maximum Gasteiger partial charge on any atom is 0.504 e. The van der Waals surface area contributed by atoms with E-state index in [9.17, 15) is 39.5 Å². The first-order valence-electron chi connectivity index (χ1n) is 7.73. The second kappa shape index (κ2) is 6.07. The van der Waals surface area contributed by atoms with Crippen LogP contribution in [-0.2, 0) is 11.7 Å². The molecule has 1 aromatic rings. The summed E-state index contributed by atoms with van der Waals surface area (Å²) >= 11 is 0. The van der Waals surface area contributed by atoms with Crippen LogP contribution in [0.5, 0.6) is 0 Å². The lowest BCUT2D eigenvalue weighted by molar-refractivity contribution is -0.290. The molecular formula is C16H15F9N2. The van der Waals surface area contributed by atoms with Crippen LogP contribution in [-0.4, -0.2) is 22.1 Å². The highest BCUT2D eigenvalue weighted by Crippen LogP contribution is 2.64. The molecule has 0 bridgehead atoms. The van der Waals surface area contributed by atoms with Crippen LogP contribution in [0, 0.1) is 29.6 Å². The first kappa shape index (κ1) is 21.4. The lowest BCUT2D eigenvalue weighted by Crippen LogP contribution is -2.61. The van der Waals surface area contributed by atoms with Gasteiger partial charge in [-0.3, -0.25) is 0 Å². The molecule has 0 radical (unpaired) electrons. The van der Waals surface area contributed by atoms with Gasteiger partial charge in [0.05, 0.1) is 17.0 Å². The molecule has 11 heteroatoms. The van der Waals surface area contributed by atoms with Crippen molar-refractivity contribution in [3.05, 3.63) is 18.0 Å². The largest absolute Gasteiger partial charge is 0.504 e. The molecule has 2 nitrogen and oxygen atoms in total. The van der Waals surface area contributed by atoms with E-state index in [1.807, 2.05) is 0 Å². The average Bonchev–Trinajstić information content (AvgIpc) is 2.93. The number of nitrogens with zero attached hydrogens (tertiary/aromatic N) is 2. The minimum absolute atomic E-state index is 0.237. The fraction of sp³-hybridized carbons (Fsp3) is 0.688. The second-order valence-corrected chi connectivity index (χ2v) is 7.11. The van der Waals surface area contributed by atoms with Crippen LogP contribution in [0.2, 0.25) is 0 Å². The maximum atomic E-state index is 14.1. The van der Waals surface area contributed by atoms with Gasteiger partial charge in [-0.2, -0.15) is 36.1 Å². The van der Waals surface area contributed by atoms with Crippen LogP contribution in [0.15, 0.2) is 12.3 Å². The highest BCUT2D eigenvalue weighted by Gasteiger charge is 2.73. The quantitative estimate of drug-likeness (QED) is 0.451. The third kappa shape index (κ3) is 3.17. The Hall–Kier alpha value is -1.86. The Morgan fingerprint density at radius 2 is 1.63 bits per heavy atom. The lowest BCUT2D eigenvalue weighted by atomic mass is 9.51. The molecule has 1 heterocycles. The van der Waals surface area contributed by atoms with Gasteiger partial charge < -0.3 is 0 Å². The minimum atomic E-state index is -5.35. The standard InChI is InChI=1S/C16H15F9N2/c1-4-10-12(3,14(17,18)19)7-9(2)8-13(10,15(20,21)22)11-5-6-27(26-11)16(23,24)25/h1,5-6,9-10H,7-8H2,2-3H3. The number of hydrogen-bond acceptors (Lipinski definition) is 1. The van der Waals surface area contributed by atoms with Gasteiger partial charge in [0, 0.05) is 6.20 Å². The number of terminal acetylenes is 1. The first-order chi connectivity index (χ1) is 12.0. The summed E-state index contributed by atoms with van der Waals surface area (Å²) in [5, 5.41) is 2.93. The van der Waals surface area contributed by atoms with E-state index >= 15 is 0 Å². The van der Waals surface area contributed by atoms with E-state index in [1.165, 1.54) is 6.92 Å². The van der Waals surface area contributed by atoms with Crippen molar-refractivity contribution < 1.29 is 39.5 Å². The summed E-state index contributed by atoms with van der Waals surface area (Å²) in [5.41, 5.74) is -7.48. The fourth-order valence-electron chi connectivity index (χ4n) is 4.11. The molecule has 0 N–H and O–H groups in total. The molecule has 4 unspecified atom stereocenters. The topological polar surface area (TPSA) is 17.8 Å². The highest BCUT2D eigenvalue weighted by molar-refractivity contribution is 5.31. The number of halogens is 9. The summed E-state index contributed by atoms with van der Waals surface area (Å²) in [7, 11) is 0. The zero-order chi connectivity index (χ0) is 21.1. The molecule has 0 saturated heterocycles. The predicted octanol–water partition coefficient (Wildman–Crippen LogP) is 5.41. The lowest BCUT2D eigenvalue weighted by Gasteiger charge is -2.53. The molecule has 1 aliphatic carbocycles. The number of hydrogen-bond donors (Lipinski definition) is 0. The van der Waals surface area contributed by atoms with E-state index in [0.717, 1.165) is 0 Å². The van der Waals surface area contributed by atoms with Crippen molar-refractivity contribution in [2.45, 2.75) is 50.8 Å². The van der Waals surface area contributed by atoms with Crippen LogP contribution >= 0.6 is 0 Å². The molecule has 0 aliphatic heterocycles. The Bertz CT molecular complexity index is 737. The van der Waals surface area contributed by atoms with Gasteiger partial charge in [0.15, 0.2) is 0 Å². The summed E-state index contributed by atoms with van der Waals surface area (Å²) < 4.78 is 121. The molecule has 152 valence electrons. The van der Waals surface area contributed by atoms with E-state index in [1.54, 1.807) is 5.92 Å². The number of rotatable bonds is 1. The van der Waals surface area contributed by atoms with Crippen molar-refractivity contribution in [2.24, 2.45) is 17.3 Å². The van der Waals surface area contributed by atoms with E-state index in [4.69, 9.17) is 6.42 Å². The summed E-state index contributed by atoms with van der Waals surface area (Å²) in [6, 6.07) is 0.431. The summed E-state index contributed by atoms with van der Waals surface area (Å²) in [5.74, 6) is -1.99. The molecule has 0 amide bonds. The zero-order valence-electron chi connectivity index (χ0n) is 14.1. The van der Waals surface area contributed by atoms with Crippen molar-refractivity contribution in [1.29, 1.82) is 0 Å². The molecule has 1 saturated carbocycles. The molecule has 1 aliphatic rings. The number of alkyl halides is 9. The zero-order valence-corrected chi connectivity index (χ0v) is 14.1. The Balaban J connectivity index is 2.81. The molecule has 1 aromatic heterocycles. The van der Waals surface area contributed by atoms with Crippen molar-refractivity contribution in [2.75, 3.05) is 0 Å². The van der Waals surface area contributed by atoms with Crippen molar-refractivity contribution in [1.82, 2.24) is 9.78 Å².